The molecule has 0 aliphatic heterocycles. The zero-order valence-electron chi connectivity index (χ0n) is 9.29. The number of rotatable bonds is 5. The number of ketones is 1. The van der Waals surface area contributed by atoms with E-state index in [2.05, 4.69) is 13.8 Å². The average molecular weight is 225 g/mol. The van der Waals surface area contributed by atoms with Crippen molar-refractivity contribution in [1.82, 2.24) is 0 Å². The smallest absolute Gasteiger partial charge is 0.137 e. The number of benzene rings is 1. The van der Waals surface area contributed by atoms with Gasteiger partial charge in [0.05, 0.1) is 0 Å². The fourth-order valence-corrected chi connectivity index (χ4v) is 1.56. The summed E-state index contributed by atoms with van der Waals surface area (Å²) in [5, 5.41) is 0.716. The first-order valence-electron chi connectivity index (χ1n) is 5.38. The van der Waals surface area contributed by atoms with Crippen LogP contribution in [-0.4, -0.2) is 5.78 Å². The van der Waals surface area contributed by atoms with Gasteiger partial charge in [-0.05, 0) is 23.6 Å². The average Bonchev–Trinajstić information content (AvgIpc) is 2.21. The summed E-state index contributed by atoms with van der Waals surface area (Å²) in [5.41, 5.74) is 1.05. The summed E-state index contributed by atoms with van der Waals surface area (Å²) in [4.78, 5) is 11.6. The van der Waals surface area contributed by atoms with E-state index in [1.807, 2.05) is 24.3 Å². The number of halogens is 1. The van der Waals surface area contributed by atoms with Crippen LogP contribution in [0.2, 0.25) is 5.02 Å². The molecule has 0 saturated carbocycles. The molecular weight excluding hydrogens is 208 g/mol. The molecule has 15 heavy (non-hydrogen) atoms. The molecule has 0 bridgehead atoms. The van der Waals surface area contributed by atoms with Gasteiger partial charge in [-0.2, -0.15) is 0 Å². The van der Waals surface area contributed by atoms with Crippen molar-refractivity contribution in [3.8, 4) is 0 Å². The number of hydrogen-bond acceptors (Lipinski definition) is 1. The van der Waals surface area contributed by atoms with E-state index < -0.39 is 0 Å². The number of carbonyl (C=O) groups is 1. The second-order valence-electron chi connectivity index (χ2n) is 4.06. The molecule has 0 N–H and O–H groups in total. The summed E-state index contributed by atoms with van der Waals surface area (Å²) in [7, 11) is 0. The maximum atomic E-state index is 11.6. The first-order valence-corrected chi connectivity index (χ1v) is 5.75. The van der Waals surface area contributed by atoms with E-state index in [0.717, 1.165) is 12.0 Å². The fraction of sp³-hybridized carbons (Fsp3) is 0.462. The maximum Gasteiger partial charge on any atom is 0.137 e. The Labute approximate surface area is 96.5 Å². The molecule has 1 rings (SSSR count). The van der Waals surface area contributed by atoms with Crippen LogP contribution in [0.5, 0.6) is 0 Å². The molecule has 0 aliphatic rings. The predicted octanol–water partition coefficient (Wildman–Crippen LogP) is 3.89. The van der Waals surface area contributed by atoms with Crippen LogP contribution in [0.4, 0.5) is 0 Å². The van der Waals surface area contributed by atoms with Crippen LogP contribution in [0, 0.1) is 5.92 Å². The van der Waals surface area contributed by atoms with Crippen LogP contribution >= 0.6 is 11.6 Å². The SMILES string of the molecule is CCC(C)CC(=O)Cc1ccc(Cl)cc1. The van der Waals surface area contributed by atoms with Gasteiger partial charge in [0, 0.05) is 17.9 Å². The summed E-state index contributed by atoms with van der Waals surface area (Å²) in [6, 6.07) is 7.48. The van der Waals surface area contributed by atoms with Crippen LogP contribution in [0.1, 0.15) is 32.3 Å². The molecule has 1 nitrogen and oxygen atoms in total. The monoisotopic (exact) mass is 224 g/mol. The van der Waals surface area contributed by atoms with Crippen LogP contribution in [0.25, 0.3) is 0 Å². The lowest BCUT2D eigenvalue weighted by Crippen LogP contribution is -2.07. The number of hydrogen-bond donors (Lipinski definition) is 0. The van der Waals surface area contributed by atoms with E-state index in [1.165, 1.54) is 0 Å². The minimum absolute atomic E-state index is 0.312. The summed E-state index contributed by atoms with van der Waals surface area (Å²) < 4.78 is 0. The molecule has 0 spiro atoms. The molecule has 0 heterocycles. The Kier molecular flexibility index (Phi) is 4.83. The van der Waals surface area contributed by atoms with Gasteiger partial charge in [0.25, 0.3) is 0 Å². The Bertz CT molecular complexity index is 316. The Hall–Kier alpha value is -0.820. The lowest BCUT2D eigenvalue weighted by molar-refractivity contribution is -0.119. The third-order valence-corrected chi connectivity index (χ3v) is 2.84. The minimum Gasteiger partial charge on any atom is -0.299 e. The van der Waals surface area contributed by atoms with Crippen LogP contribution < -0.4 is 0 Å². The van der Waals surface area contributed by atoms with E-state index in [0.29, 0.717) is 29.6 Å². The third-order valence-electron chi connectivity index (χ3n) is 2.59. The van der Waals surface area contributed by atoms with Gasteiger partial charge in [-0.1, -0.05) is 44.0 Å². The van der Waals surface area contributed by atoms with Crippen LogP contribution in [0.3, 0.4) is 0 Å². The lowest BCUT2D eigenvalue weighted by Gasteiger charge is -2.06. The molecule has 0 aromatic heterocycles. The van der Waals surface area contributed by atoms with E-state index in [-0.39, 0.29) is 0 Å². The third kappa shape index (κ3) is 4.48. The van der Waals surface area contributed by atoms with Crippen molar-refractivity contribution in [3.63, 3.8) is 0 Å². The molecule has 0 aliphatic carbocycles. The fourth-order valence-electron chi connectivity index (χ4n) is 1.44. The zero-order chi connectivity index (χ0) is 11.3. The van der Waals surface area contributed by atoms with E-state index >= 15 is 0 Å². The normalized spacial score (nSPS) is 12.5. The molecule has 1 aromatic carbocycles. The summed E-state index contributed by atoms with van der Waals surface area (Å²) >= 11 is 5.77. The zero-order valence-corrected chi connectivity index (χ0v) is 10.1. The summed E-state index contributed by atoms with van der Waals surface area (Å²) in [6.07, 6.45) is 2.27. The van der Waals surface area contributed by atoms with Crippen LogP contribution in [0.15, 0.2) is 24.3 Å². The molecule has 1 atom stereocenters. The highest BCUT2D eigenvalue weighted by molar-refractivity contribution is 6.30. The maximum absolute atomic E-state index is 11.6. The van der Waals surface area contributed by atoms with Gasteiger partial charge in [-0.15, -0.1) is 0 Å². The Morgan fingerprint density at radius 3 is 2.47 bits per heavy atom. The highest BCUT2D eigenvalue weighted by atomic mass is 35.5. The largest absolute Gasteiger partial charge is 0.299 e. The molecule has 2 heteroatoms. The minimum atomic E-state index is 0.312. The molecule has 0 radical (unpaired) electrons. The van der Waals surface area contributed by atoms with E-state index in [1.54, 1.807) is 0 Å². The highest BCUT2D eigenvalue weighted by Gasteiger charge is 2.08. The Morgan fingerprint density at radius 1 is 1.33 bits per heavy atom. The number of carbonyl (C=O) groups excluding carboxylic acids is 1. The van der Waals surface area contributed by atoms with Gasteiger partial charge in [-0.3, -0.25) is 4.79 Å². The standard InChI is InChI=1S/C13H17ClO/c1-3-10(2)8-13(15)9-11-4-6-12(14)7-5-11/h4-7,10H,3,8-9H2,1-2H3. The molecule has 0 saturated heterocycles. The lowest BCUT2D eigenvalue weighted by atomic mass is 9.98. The summed E-state index contributed by atoms with van der Waals surface area (Å²) in [5.74, 6) is 0.802. The van der Waals surface area contributed by atoms with Crippen molar-refractivity contribution in [1.29, 1.82) is 0 Å². The Morgan fingerprint density at radius 2 is 1.93 bits per heavy atom. The highest BCUT2D eigenvalue weighted by Crippen LogP contribution is 2.13. The van der Waals surface area contributed by atoms with Crippen molar-refractivity contribution in [3.05, 3.63) is 34.9 Å². The molecule has 82 valence electrons. The quantitative estimate of drug-likeness (QED) is 0.742. The molecule has 1 aromatic rings. The van der Waals surface area contributed by atoms with Crippen LogP contribution in [-0.2, 0) is 11.2 Å². The van der Waals surface area contributed by atoms with Gasteiger partial charge in [0.2, 0.25) is 0 Å². The van der Waals surface area contributed by atoms with E-state index in [4.69, 9.17) is 11.6 Å². The number of Topliss-reactive ketones (excluding diaryl/α,β-unsaturated/α-hetero) is 1. The molecule has 0 amide bonds. The second-order valence-corrected chi connectivity index (χ2v) is 4.50. The van der Waals surface area contributed by atoms with Crippen molar-refractivity contribution in [2.24, 2.45) is 5.92 Å². The van der Waals surface area contributed by atoms with Crippen molar-refractivity contribution >= 4 is 17.4 Å². The Balaban J connectivity index is 2.48. The first kappa shape index (κ1) is 12.3. The molecular formula is C13H17ClO. The first-order chi connectivity index (χ1) is 7.11. The summed E-state index contributed by atoms with van der Waals surface area (Å²) in [6.45, 7) is 4.22. The van der Waals surface area contributed by atoms with Gasteiger partial charge >= 0.3 is 0 Å². The van der Waals surface area contributed by atoms with Gasteiger partial charge in [0.1, 0.15) is 5.78 Å². The van der Waals surface area contributed by atoms with Crippen molar-refractivity contribution < 1.29 is 4.79 Å². The van der Waals surface area contributed by atoms with Gasteiger partial charge in [-0.25, -0.2) is 0 Å². The van der Waals surface area contributed by atoms with Crippen molar-refractivity contribution in [2.75, 3.05) is 0 Å². The second kappa shape index (κ2) is 5.92. The van der Waals surface area contributed by atoms with Gasteiger partial charge < -0.3 is 0 Å². The topological polar surface area (TPSA) is 17.1 Å². The predicted molar refractivity (Wildman–Crippen MR) is 64.2 cm³/mol. The van der Waals surface area contributed by atoms with E-state index in [9.17, 15) is 4.79 Å². The molecule has 1 unspecified atom stereocenters. The van der Waals surface area contributed by atoms with Crippen molar-refractivity contribution in [2.45, 2.75) is 33.1 Å². The van der Waals surface area contributed by atoms with Gasteiger partial charge in [0.15, 0.2) is 0 Å². The molecule has 0 fully saturated rings.